The van der Waals surface area contributed by atoms with Gasteiger partial charge in [-0.3, -0.25) is 9.78 Å². The van der Waals surface area contributed by atoms with Gasteiger partial charge in [-0.2, -0.15) is 13.2 Å². The number of halogens is 3. The van der Waals surface area contributed by atoms with E-state index in [4.69, 9.17) is 0 Å². The SMILES string of the molecule is CC(C)(C)c1cc(-c2cc(-c3ccc4cccc5c4c3-c3ccccc3-5)c(C(F)(F)F)cn2)[c-]c2ccccc12.CCC(CC)C(=O)/C=C(\O)C(CC)CC.[Ir]. The molecule has 0 saturated carbocycles. The summed E-state index contributed by atoms with van der Waals surface area (Å²) in [6.07, 6.45) is 1.32. The number of fused-ring (bicyclic) bond motifs is 4. The Morgan fingerprint density at radius 2 is 1.36 bits per heavy atom. The number of pyridine rings is 1. The summed E-state index contributed by atoms with van der Waals surface area (Å²) in [5.74, 6) is 0.547. The number of nitrogens with zero attached hydrogens (tertiary/aromatic N) is 1. The number of carbonyl (C=O) groups is 1. The maximum absolute atomic E-state index is 14.5. The minimum Gasteiger partial charge on any atom is -0.512 e. The second-order valence-electron chi connectivity index (χ2n) is 15.4. The average Bonchev–Trinajstić information content (AvgIpc) is 3.50. The molecule has 7 heteroatoms. The molecule has 5 aromatic carbocycles. The molecule has 6 aromatic rings. The molecule has 3 nitrogen and oxygen atoms in total. The van der Waals surface area contributed by atoms with Gasteiger partial charge in [0.15, 0.2) is 5.78 Å². The Morgan fingerprint density at radius 1 is 0.732 bits per heavy atom. The number of aromatic nitrogens is 1. The van der Waals surface area contributed by atoms with E-state index < -0.39 is 11.7 Å². The van der Waals surface area contributed by atoms with E-state index in [-0.39, 0.29) is 54.5 Å². The van der Waals surface area contributed by atoms with Crippen molar-refractivity contribution < 1.29 is 43.2 Å². The Hall–Kier alpha value is -4.58. The van der Waals surface area contributed by atoms with Gasteiger partial charge in [0, 0.05) is 49.9 Å². The van der Waals surface area contributed by atoms with Crippen LogP contribution >= 0.6 is 0 Å². The van der Waals surface area contributed by atoms with Gasteiger partial charge >= 0.3 is 6.18 Å². The monoisotopic (exact) mass is 933 g/mol. The van der Waals surface area contributed by atoms with Gasteiger partial charge in [-0.15, -0.1) is 29.1 Å². The van der Waals surface area contributed by atoms with Crippen molar-refractivity contribution in [2.24, 2.45) is 11.8 Å². The van der Waals surface area contributed by atoms with Gasteiger partial charge in [-0.25, -0.2) is 0 Å². The Morgan fingerprint density at radius 3 is 2.00 bits per heavy atom. The van der Waals surface area contributed by atoms with E-state index in [1.165, 1.54) is 6.08 Å². The molecule has 7 rings (SSSR count). The fourth-order valence-electron chi connectivity index (χ4n) is 7.86. The van der Waals surface area contributed by atoms with Crippen LogP contribution in [0.1, 0.15) is 85.3 Å². The van der Waals surface area contributed by atoms with E-state index in [0.717, 1.165) is 81.2 Å². The van der Waals surface area contributed by atoms with Crippen LogP contribution in [0.25, 0.3) is 66.2 Å². The Kier molecular flexibility index (Phi) is 13.1. The fourth-order valence-corrected chi connectivity index (χ4v) is 7.86. The molecule has 0 fully saturated rings. The zero-order valence-corrected chi connectivity index (χ0v) is 35.5. The first kappa shape index (κ1) is 42.6. The van der Waals surface area contributed by atoms with Crippen molar-refractivity contribution in [1.82, 2.24) is 4.98 Å². The molecular formula is C49H49F3IrNO2-. The molecule has 1 heterocycles. The third-order valence-electron chi connectivity index (χ3n) is 11.0. The van der Waals surface area contributed by atoms with Gasteiger partial charge in [-0.1, -0.05) is 138 Å². The van der Waals surface area contributed by atoms with Crippen molar-refractivity contribution in [3.8, 4) is 44.6 Å². The Bertz CT molecular complexity index is 2400. The molecule has 1 aliphatic carbocycles. The van der Waals surface area contributed by atoms with Crippen LogP contribution in [0.15, 0.2) is 109 Å². The largest absolute Gasteiger partial charge is 0.512 e. The van der Waals surface area contributed by atoms with Crippen molar-refractivity contribution >= 4 is 27.3 Å². The van der Waals surface area contributed by atoms with Crippen LogP contribution in [0.4, 0.5) is 13.2 Å². The number of hydrogen-bond acceptors (Lipinski definition) is 3. The summed E-state index contributed by atoms with van der Waals surface area (Å²) in [5.41, 5.74) is 5.87. The number of allylic oxidation sites excluding steroid dienone is 2. The van der Waals surface area contributed by atoms with Crippen molar-refractivity contribution in [2.45, 2.75) is 85.7 Å². The van der Waals surface area contributed by atoms with Crippen molar-refractivity contribution in [2.75, 3.05) is 0 Å². The molecule has 1 N–H and O–H groups in total. The minimum absolute atomic E-state index is 0. The zero-order valence-electron chi connectivity index (χ0n) is 33.1. The first-order valence-electron chi connectivity index (χ1n) is 19.3. The zero-order chi connectivity index (χ0) is 39.7. The molecule has 1 aliphatic rings. The van der Waals surface area contributed by atoms with Gasteiger partial charge in [-0.05, 0) is 75.3 Å². The summed E-state index contributed by atoms with van der Waals surface area (Å²) in [4.78, 5) is 16.1. The maximum Gasteiger partial charge on any atom is 0.418 e. The summed E-state index contributed by atoms with van der Waals surface area (Å²) >= 11 is 0. The van der Waals surface area contributed by atoms with Gasteiger partial charge in [0.25, 0.3) is 0 Å². The number of benzene rings is 5. The van der Waals surface area contributed by atoms with Crippen LogP contribution in [0.5, 0.6) is 0 Å². The summed E-state index contributed by atoms with van der Waals surface area (Å²) < 4.78 is 43.5. The van der Waals surface area contributed by atoms with Gasteiger partial charge < -0.3 is 5.11 Å². The van der Waals surface area contributed by atoms with Gasteiger partial charge in [0.05, 0.1) is 11.3 Å². The smallest absolute Gasteiger partial charge is 0.418 e. The minimum atomic E-state index is -4.57. The van der Waals surface area contributed by atoms with E-state index in [2.05, 4.69) is 37.9 Å². The second-order valence-corrected chi connectivity index (χ2v) is 15.4. The van der Waals surface area contributed by atoms with Crippen molar-refractivity contribution in [3.63, 3.8) is 0 Å². The number of rotatable bonds is 9. The normalized spacial score (nSPS) is 12.5. The van der Waals surface area contributed by atoms with Crippen molar-refractivity contribution in [3.05, 3.63) is 126 Å². The van der Waals surface area contributed by atoms with Gasteiger partial charge in [0.2, 0.25) is 0 Å². The topological polar surface area (TPSA) is 50.2 Å². The molecule has 0 atom stereocenters. The predicted molar refractivity (Wildman–Crippen MR) is 221 cm³/mol. The molecule has 0 aliphatic heterocycles. The third-order valence-corrected chi connectivity index (χ3v) is 11.0. The molecule has 0 amide bonds. The molecule has 0 bridgehead atoms. The van der Waals surface area contributed by atoms with E-state index in [9.17, 15) is 23.1 Å². The van der Waals surface area contributed by atoms with E-state index >= 15 is 0 Å². The molecule has 1 aromatic heterocycles. The van der Waals surface area contributed by atoms with E-state index in [1.807, 2.05) is 107 Å². The maximum atomic E-state index is 14.5. The quantitative estimate of drug-likeness (QED) is 0.0891. The summed E-state index contributed by atoms with van der Waals surface area (Å²) in [7, 11) is 0. The predicted octanol–water partition coefficient (Wildman–Crippen LogP) is 14.4. The molecule has 293 valence electrons. The van der Waals surface area contributed by atoms with Gasteiger partial charge in [0.1, 0.15) is 0 Å². The molecule has 1 radical (unpaired) electrons. The van der Waals surface area contributed by atoms with Crippen LogP contribution in [0.2, 0.25) is 0 Å². The molecule has 0 spiro atoms. The molecule has 0 unspecified atom stereocenters. The number of hydrogen-bond donors (Lipinski definition) is 1. The van der Waals surface area contributed by atoms with E-state index in [1.54, 1.807) is 6.07 Å². The number of aliphatic hydroxyl groups is 1. The number of carbonyl (C=O) groups excluding carboxylic acids is 1. The summed E-state index contributed by atoms with van der Waals surface area (Å²) in [5, 5.41) is 13.7. The van der Waals surface area contributed by atoms with Crippen LogP contribution in [-0.4, -0.2) is 15.9 Å². The molecule has 56 heavy (non-hydrogen) atoms. The van der Waals surface area contributed by atoms with Crippen LogP contribution < -0.4 is 0 Å². The summed E-state index contributed by atoms with van der Waals surface area (Å²) in [6, 6.07) is 32.8. The Labute approximate surface area is 342 Å². The standard InChI is InChI=1S/C36H25F3N.C13H24O2.Ir/c1-35(2,3)30-18-23(17-22-9-4-5-11-24(22)30)32-19-29(31(20-40-32)36(37,38)39)28-16-15-21-10-8-14-26-25-12-6-7-13-27(25)34(28)33(21)26;1-5-10(6-2)12(14)9-13(15)11(7-3)8-4;/h4-16,18-20H,1-3H3;9-11,14H,5-8H2,1-4H3;/q-1;;/b;12-9-;. The van der Waals surface area contributed by atoms with Crippen LogP contribution in [0, 0.1) is 17.9 Å². The third kappa shape index (κ3) is 8.40. The molecular weight excluding hydrogens is 884 g/mol. The number of ketones is 1. The summed E-state index contributed by atoms with van der Waals surface area (Å²) in [6.45, 7) is 14.5. The van der Waals surface area contributed by atoms with Crippen LogP contribution in [0.3, 0.4) is 0 Å². The second kappa shape index (κ2) is 17.3. The van der Waals surface area contributed by atoms with E-state index in [0.29, 0.717) is 16.8 Å². The average molecular weight is 933 g/mol. The fraction of sp³-hybridized carbons (Fsp3) is 0.306. The molecule has 0 saturated heterocycles. The Balaban J connectivity index is 0.000000322. The first-order valence-corrected chi connectivity index (χ1v) is 19.3. The first-order chi connectivity index (χ1) is 26.2. The number of aliphatic hydroxyl groups excluding tert-OH is 1. The van der Waals surface area contributed by atoms with Crippen molar-refractivity contribution in [1.29, 1.82) is 0 Å². The van der Waals surface area contributed by atoms with Crippen LogP contribution in [-0.2, 0) is 36.5 Å². The number of alkyl halides is 3.